The Kier molecular flexibility index (Phi) is 14.8. The Morgan fingerprint density at radius 2 is 0.887 bits per heavy atom. The maximum atomic E-state index is 14.2. The van der Waals surface area contributed by atoms with E-state index in [1.54, 1.807) is 0 Å². The molecule has 1 heterocycles. The first-order chi connectivity index (χ1) is 30.7. The maximum Gasteiger partial charge on any atom is 0.335 e. The minimum Gasteiger partial charge on any atom is -0.459 e. The van der Waals surface area contributed by atoms with Crippen molar-refractivity contribution in [1.82, 2.24) is 0 Å². The number of benzene rings is 7. The summed E-state index contributed by atoms with van der Waals surface area (Å²) >= 11 is 0. The van der Waals surface area contributed by atoms with Gasteiger partial charge in [0.1, 0.15) is 30.5 Å². The summed E-state index contributed by atoms with van der Waals surface area (Å²) in [5.74, 6) is -0.483. The van der Waals surface area contributed by atoms with Crippen LogP contribution in [0.4, 0.5) is 0 Å². The number of esters is 1. The third-order valence-electron chi connectivity index (χ3n) is 11.2. The predicted octanol–water partition coefficient (Wildman–Crippen LogP) is 10.7. The minimum atomic E-state index is -1.05. The molecular weight excluding hydrogens is 773 g/mol. The lowest BCUT2D eigenvalue weighted by atomic mass is 9.80. The lowest BCUT2D eigenvalue weighted by molar-refractivity contribution is -0.249. The second-order valence-electron chi connectivity index (χ2n) is 15.4. The fraction of sp³-hybridized carbons (Fsp3) is 0.218. The van der Waals surface area contributed by atoms with E-state index in [0.29, 0.717) is 6.61 Å². The van der Waals surface area contributed by atoms with Crippen molar-refractivity contribution in [1.29, 1.82) is 0 Å². The number of carbonyl (C=O) groups is 1. The molecule has 7 aromatic rings. The summed E-state index contributed by atoms with van der Waals surface area (Å²) in [6, 6.07) is 70.4. The summed E-state index contributed by atoms with van der Waals surface area (Å²) in [5, 5.41) is 0. The van der Waals surface area contributed by atoms with Gasteiger partial charge in [-0.05, 0) is 38.9 Å². The molecule has 0 aliphatic carbocycles. The molecule has 8 rings (SSSR count). The third kappa shape index (κ3) is 10.8. The van der Waals surface area contributed by atoms with Gasteiger partial charge in [0.05, 0.1) is 32.5 Å². The van der Waals surface area contributed by atoms with Crippen LogP contribution >= 0.6 is 0 Å². The molecule has 1 saturated heterocycles. The molecule has 0 radical (unpaired) electrons. The normalized spacial score (nSPS) is 18.1. The van der Waals surface area contributed by atoms with Crippen LogP contribution in [0.15, 0.2) is 212 Å². The topological polar surface area (TPSA) is 72.5 Å². The molecule has 7 heteroatoms. The van der Waals surface area contributed by atoms with E-state index in [1.165, 1.54) is 0 Å². The fourth-order valence-corrected chi connectivity index (χ4v) is 8.05. The molecule has 62 heavy (non-hydrogen) atoms. The van der Waals surface area contributed by atoms with Crippen LogP contribution in [0.5, 0.6) is 0 Å². The predicted molar refractivity (Wildman–Crippen MR) is 240 cm³/mol. The highest BCUT2D eigenvalue weighted by molar-refractivity contribution is 5.75. The quantitative estimate of drug-likeness (QED) is 0.0594. The van der Waals surface area contributed by atoms with Gasteiger partial charge in [-0.25, -0.2) is 4.79 Å². The van der Waals surface area contributed by atoms with Crippen molar-refractivity contribution in [2.24, 2.45) is 0 Å². The van der Waals surface area contributed by atoms with E-state index in [0.717, 1.165) is 38.9 Å². The highest BCUT2D eigenvalue weighted by Crippen LogP contribution is 2.41. The number of ether oxygens (including phenoxy) is 6. The Morgan fingerprint density at radius 3 is 1.34 bits per heavy atom. The van der Waals surface area contributed by atoms with Crippen molar-refractivity contribution in [2.45, 2.75) is 69.0 Å². The monoisotopic (exact) mass is 824 g/mol. The van der Waals surface area contributed by atoms with Gasteiger partial charge in [-0.1, -0.05) is 212 Å². The van der Waals surface area contributed by atoms with E-state index in [1.807, 2.05) is 176 Å². The van der Waals surface area contributed by atoms with Gasteiger partial charge in [-0.15, -0.1) is 0 Å². The van der Waals surface area contributed by atoms with E-state index >= 15 is 0 Å². The summed E-state index contributed by atoms with van der Waals surface area (Å²) in [6.07, 6.45) is -3.64. The summed E-state index contributed by atoms with van der Waals surface area (Å²) in [4.78, 5) is 14.2. The Bertz CT molecular complexity index is 2250. The van der Waals surface area contributed by atoms with Gasteiger partial charge in [0, 0.05) is 6.42 Å². The standard InChI is InChI=1S/C55H52O7/c56-54(60-40-45-28-14-4-15-29-45)50-36-49(57-37-42-22-8-1-9-23-42)52(59-39-44-26-12-3-13-27-44)53(62-50)51(58-38-43-24-10-2-11-25-43)41-61-55(46-30-16-5-17-31-46,47-32-18-6-19-33-47)48-34-20-7-21-35-48/h1-35,49-53H,36-41H2/t49-,50+,51-,52-,53-/m1/s1. The smallest absolute Gasteiger partial charge is 0.335 e. The number of carbonyl (C=O) groups excluding carboxylic acids is 1. The Hall–Kier alpha value is -6.19. The van der Waals surface area contributed by atoms with Crippen LogP contribution in [0.2, 0.25) is 0 Å². The third-order valence-corrected chi connectivity index (χ3v) is 11.2. The molecular formula is C55H52O7. The average molecular weight is 825 g/mol. The van der Waals surface area contributed by atoms with E-state index in [2.05, 4.69) is 36.4 Å². The zero-order chi connectivity index (χ0) is 42.2. The van der Waals surface area contributed by atoms with Crippen LogP contribution in [0.25, 0.3) is 0 Å². The van der Waals surface area contributed by atoms with Gasteiger partial charge < -0.3 is 28.4 Å². The molecule has 0 bridgehead atoms. The molecule has 0 saturated carbocycles. The first kappa shape index (κ1) is 42.5. The molecule has 0 N–H and O–H groups in total. The molecule has 1 aliphatic heterocycles. The Balaban J connectivity index is 1.20. The van der Waals surface area contributed by atoms with Crippen LogP contribution in [0.1, 0.15) is 45.4 Å². The maximum absolute atomic E-state index is 14.2. The van der Waals surface area contributed by atoms with Crippen LogP contribution in [0, 0.1) is 0 Å². The van der Waals surface area contributed by atoms with E-state index < -0.39 is 42.1 Å². The lowest BCUT2D eigenvalue weighted by Gasteiger charge is -2.44. The highest BCUT2D eigenvalue weighted by atomic mass is 16.6. The summed E-state index contributed by atoms with van der Waals surface area (Å²) in [6.45, 7) is 1.01. The molecule has 0 unspecified atom stereocenters. The number of hydrogen-bond acceptors (Lipinski definition) is 7. The van der Waals surface area contributed by atoms with Crippen LogP contribution in [0.3, 0.4) is 0 Å². The van der Waals surface area contributed by atoms with Crippen molar-refractivity contribution in [3.8, 4) is 0 Å². The Morgan fingerprint density at radius 1 is 0.500 bits per heavy atom. The van der Waals surface area contributed by atoms with Crippen molar-refractivity contribution >= 4 is 5.97 Å². The molecule has 7 nitrogen and oxygen atoms in total. The second kappa shape index (κ2) is 21.6. The molecule has 1 aliphatic rings. The largest absolute Gasteiger partial charge is 0.459 e. The summed E-state index contributed by atoms with van der Waals surface area (Å²) in [7, 11) is 0. The van der Waals surface area contributed by atoms with E-state index in [-0.39, 0.29) is 32.8 Å². The van der Waals surface area contributed by atoms with Crippen molar-refractivity contribution < 1.29 is 33.2 Å². The van der Waals surface area contributed by atoms with Gasteiger partial charge in [0.2, 0.25) is 0 Å². The highest BCUT2D eigenvalue weighted by Gasteiger charge is 2.48. The summed E-state index contributed by atoms with van der Waals surface area (Å²) < 4.78 is 41.1. The minimum absolute atomic E-state index is 0.0541. The fourth-order valence-electron chi connectivity index (χ4n) is 8.05. The lowest BCUT2D eigenvalue weighted by Crippen LogP contribution is -2.58. The first-order valence-electron chi connectivity index (χ1n) is 21.3. The van der Waals surface area contributed by atoms with Crippen LogP contribution in [-0.4, -0.2) is 43.1 Å². The average Bonchev–Trinajstić information content (AvgIpc) is 3.35. The second-order valence-corrected chi connectivity index (χ2v) is 15.4. The zero-order valence-corrected chi connectivity index (χ0v) is 34.7. The van der Waals surface area contributed by atoms with E-state index in [9.17, 15) is 4.79 Å². The van der Waals surface area contributed by atoms with Crippen LogP contribution in [-0.2, 0) is 65.2 Å². The molecule has 0 aromatic heterocycles. The van der Waals surface area contributed by atoms with E-state index in [4.69, 9.17) is 28.4 Å². The van der Waals surface area contributed by atoms with Crippen molar-refractivity contribution in [2.75, 3.05) is 6.61 Å². The van der Waals surface area contributed by atoms with Crippen molar-refractivity contribution in [3.05, 3.63) is 251 Å². The molecule has 0 spiro atoms. The van der Waals surface area contributed by atoms with Crippen molar-refractivity contribution in [3.63, 3.8) is 0 Å². The van der Waals surface area contributed by atoms with Gasteiger partial charge in [0.15, 0.2) is 6.10 Å². The van der Waals surface area contributed by atoms with Gasteiger partial charge in [-0.3, -0.25) is 0 Å². The van der Waals surface area contributed by atoms with Gasteiger partial charge in [0.25, 0.3) is 0 Å². The van der Waals surface area contributed by atoms with Gasteiger partial charge >= 0.3 is 5.97 Å². The summed E-state index contributed by atoms with van der Waals surface area (Å²) in [5.41, 5.74) is 5.65. The zero-order valence-electron chi connectivity index (χ0n) is 34.7. The Labute approximate surface area is 364 Å². The van der Waals surface area contributed by atoms with Crippen LogP contribution < -0.4 is 0 Å². The molecule has 314 valence electrons. The molecule has 0 amide bonds. The number of rotatable bonds is 19. The molecule has 7 aromatic carbocycles. The first-order valence-corrected chi connectivity index (χ1v) is 21.3. The van der Waals surface area contributed by atoms with Gasteiger partial charge in [-0.2, -0.15) is 0 Å². The molecule has 1 fully saturated rings. The number of hydrogen-bond donors (Lipinski definition) is 0. The SMILES string of the molecule is O=C(OCc1ccccc1)[C@@H]1C[C@@H](OCc2ccccc2)[C@@H](OCc2ccccc2)[C@@H]([C@@H](COC(c2ccccc2)(c2ccccc2)c2ccccc2)OCc2ccccc2)O1. The molecule has 5 atom stereocenters.